The van der Waals surface area contributed by atoms with E-state index < -0.39 is 0 Å². The number of benzene rings is 2. The Morgan fingerprint density at radius 2 is 1.71 bits per heavy atom. The van der Waals surface area contributed by atoms with Crippen LogP contribution in [0.25, 0.3) is 11.1 Å². The molecule has 0 aliphatic heterocycles. The Balaban J connectivity index is 2.61. The highest BCUT2D eigenvalue weighted by atomic mass is 79.9. The number of hydrogen-bond donors (Lipinski definition) is 1. The molecule has 0 bridgehead atoms. The molecule has 1 radical (unpaired) electrons. The number of nitrogen functional groups attached to an aromatic ring is 1. The highest BCUT2D eigenvalue weighted by Crippen LogP contribution is 2.31. The molecule has 1 nitrogen and oxygen atoms in total. The Kier molecular flexibility index (Phi) is 2.55. The monoisotopic (exact) mass is 246 g/mol. The van der Waals surface area contributed by atoms with Crippen LogP contribution in [0.15, 0.2) is 46.9 Å². The summed E-state index contributed by atoms with van der Waals surface area (Å²) in [4.78, 5) is 0. The van der Waals surface area contributed by atoms with E-state index in [9.17, 15) is 0 Å². The van der Waals surface area contributed by atoms with Gasteiger partial charge >= 0.3 is 0 Å². The molecule has 2 N–H and O–H groups in total. The van der Waals surface area contributed by atoms with Crippen molar-refractivity contribution >= 4 is 21.6 Å². The average Bonchev–Trinajstić information content (AvgIpc) is 2.20. The summed E-state index contributed by atoms with van der Waals surface area (Å²) in [5.74, 6) is 0. The Hall–Kier alpha value is -1.28. The van der Waals surface area contributed by atoms with Crippen LogP contribution in [-0.2, 0) is 0 Å². The molecular weight excluding hydrogens is 238 g/mol. The van der Waals surface area contributed by atoms with Crippen molar-refractivity contribution in [2.45, 2.75) is 0 Å². The normalized spacial score (nSPS) is 10.1. The van der Waals surface area contributed by atoms with Crippen LogP contribution in [-0.4, -0.2) is 0 Å². The van der Waals surface area contributed by atoms with Gasteiger partial charge in [0.2, 0.25) is 0 Å². The van der Waals surface area contributed by atoms with Crippen molar-refractivity contribution in [2.24, 2.45) is 0 Å². The average molecular weight is 247 g/mol. The Bertz CT molecular complexity index is 408. The first-order valence-electron chi connectivity index (χ1n) is 4.30. The summed E-state index contributed by atoms with van der Waals surface area (Å²) >= 11 is 3.46. The van der Waals surface area contributed by atoms with Crippen molar-refractivity contribution < 1.29 is 0 Å². The predicted molar refractivity (Wildman–Crippen MR) is 62.8 cm³/mol. The number of para-hydroxylation sites is 1. The van der Waals surface area contributed by atoms with Crippen molar-refractivity contribution in [3.8, 4) is 11.1 Å². The van der Waals surface area contributed by atoms with Crippen LogP contribution in [0.1, 0.15) is 0 Å². The minimum absolute atomic E-state index is 0.785. The summed E-state index contributed by atoms with van der Waals surface area (Å²) in [6, 6.07) is 16.7. The van der Waals surface area contributed by atoms with E-state index in [0.29, 0.717) is 0 Å². The largest absolute Gasteiger partial charge is 0.398 e. The van der Waals surface area contributed by atoms with Crippen LogP contribution in [0.2, 0.25) is 0 Å². The van der Waals surface area contributed by atoms with Crippen molar-refractivity contribution in [1.82, 2.24) is 0 Å². The fraction of sp³-hybridized carbons (Fsp3) is 0. The topological polar surface area (TPSA) is 26.0 Å². The predicted octanol–water partition coefficient (Wildman–Crippen LogP) is 3.50. The fourth-order valence-electron chi connectivity index (χ4n) is 1.37. The SMILES string of the molecule is Nc1ccccc1-c1ccc[c]c1Br. The molecule has 0 fully saturated rings. The van der Waals surface area contributed by atoms with Crippen molar-refractivity contribution in [3.63, 3.8) is 0 Å². The lowest BCUT2D eigenvalue weighted by Gasteiger charge is -2.06. The first-order valence-corrected chi connectivity index (χ1v) is 5.09. The molecule has 0 amide bonds. The number of rotatable bonds is 1. The molecule has 0 saturated carbocycles. The van der Waals surface area contributed by atoms with E-state index in [1.54, 1.807) is 0 Å². The Labute approximate surface area is 91.7 Å². The summed E-state index contributed by atoms with van der Waals surface area (Å²) in [5, 5.41) is 0. The highest BCUT2D eigenvalue weighted by Gasteiger charge is 2.04. The van der Waals surface area contributed by atoms with E-state index in [1.165, 1.54) is 0 Å². The number of hydrogen-bond acceptors (Lipinski definition) is 1. The van der Waals surface area contributed by atoms with Gasteiger partial charge in [-0.15, -0.1) is 0 Å². The minimum Gasteiger partial charge on any atom is -0.398 e. The smallest absolute Gasteiger partial charge is 0.0394 e. The van der Waals surface area contributed by atoms with Gasteiger partial charge in [0.25, 0.3) is 0 Å². The van der Waals surface area contributed by atoms with E-state index in [-0.39, 0.29) is 0 Å². The van der Waals surface area contributed by atoms with Crippen LogP contribution in [0, 0.1) is 6.07 Å². The van der Waals surface area contributed by atoms with Gasteiger partial charge in [-0.3, -0.25) is 0 Å². The van der Waals surface area contributed by atoms with E-state index in [4.69, 9.17) is 5.73 Å². The third-order valence-electron chi connectivity index (χ3n) is 2.06. The van der Waals surface area contributed by atoms with Crippen LogP contribution in [0.5, 0.6) is 0 Å². The van der Waals surface area contributed by atoms with Crippen LogP contribution in [0.4, 0.5) is 5.69 Å². The lowest BCUT2D eigenvalue weighted by Crippen LogP contribution is -1.89. The van der Waals surface area contributed by atoms with Crippen LogP contribution in [0.3, 0.4) is 0 Å². The lowest BCUT2D eigenvalue weighted by molar-refractivity contribution is 1.57. The first-order chi connectivity index (χ1) is 6.79. The van der Waals surface area contributed by atoms with Crippen molar-refractivity contribution in [1.29, 1.82) is 0 Å². The zero-order valence-corrected chi connectivity index (χ0v) is 9.08. The molecule has 0 atom stereocenters. The van der Waals surface area contributed by atoms with Gasteiger partial charge in [-0.2, -0.15) is 0 Å². The maximum absolute atomic E-state index is 5.89. The molecule has 0 aliphatic rings. The van der Waals surface area contributed by atoms with Crippen LogP contribution < -0.4 is 5.73 Å². The molecule has 0 saturated heterocycles. The summed E-state index contributed by atoms with van der Waals surface area (Å²) in [5.41, 5.74) is 8.78. The summed E-state index contributed by atoms with van der Waals surface area (Å²) in [6.45, 7) is 0. The summed E-state index contributed by atoms with van der Waals surface area (Å²) in [6.07, 6.45) is 0. The molecule has 2 rings (SSSR count). The van der Waals surface area contributed by atoms with Crippen molar-refractivity contribution in [2.75, 3.05) is 5.73 Å². The van der Waals surface area contributed by atoms with Gasteiger partial charge in [0.1, 0.15) is 0 Å². The van der Waals surface area contributed by atoms with Gasteiger partial charge < -0.3 is 5.73 Å². The maximum atomic E-state index is 5.89. The van der Waals surface area contributed by atoms with E-state index >= 15 is 0 Å². The first kappa shape index (κ1) is 9.28. The molecule has 14 heavy (non-hydrogen) atoms. The highest BCUT2D eigenvalue weighted by molar-refractivity contribution is 9.10. The van der Waals surface area contributed by atoms with E-state index in [1.807, 2.05) is 42.5 Å². The lowest BCUT2D eigenvalue weighted by atomic mass is 10.0. The fourth-order valence-corrected chi connectivity index (χ4v) is 1.84. The minimum atomic E-state index is 0.785. The third-order valence-corrected chi connectivity index (χ3v) is 2.71. The van der Waals surface area contributed by atoms with E-state index in [2.05, 4.69) is 22.0 Å². The second-order valence-electron chi connectivity index (χ2n) is 2.99. The zero-order chi connectivity index (χ0) is 9.97. The van der Waals surface area contributed by atoms with Gasteiger partial charge in [0.05, 0.1) is 0 Å². The molecule has 0 unspecified atom stereocenters. The number of halogens is 1. The molecule has 0 aliphatic carbocycles. The summed E-state index contributed by atoms with van der Waals surface area (Å²) < 4.78 is 0.943. The Morgan fingerprint density at radius 3 is 2.43 bits per heavy atom. The zero-order valence-electron chi connectivity index (χ0n) is 7.50. The third kappa shape index (κ3) is 1.66. The van der Waals surface area contributed by atoms with Gasteiger partial charge in [-0.05, 0) is 33.6 Å². The van der Waals surface area contributed by atoms with Gasteiger partial charge in [-0.25, -0.2) is 0 Å². The number of anilines is 1. The molecule has 69 valence electrons. The van der Waals surface area contributed by atoms with E-state index in [0.717, 1.165) is 21.3 Å². The van der Waals surface area contributed by atoms with Gasteiger partial charge in [-0.1, -0.05) is 36.4 Å². The molecule has 0 aromatic heterocycles. The second kappa shape index (κ2) is 3.84. The maximum Gasteiger partial charge on any atom is 0.0394 e. The molecule has 2 aromatic rings. The number of nitrogens with two attached hydrogens (primary N) is 1. The van der Waals surface area contributed by atoms with Gasteiger partial charge in [0.15, 0.2) is 0 Å². The summed E-state index contributed by atoms with van der Waals surface area (Å²) in [7, 11) is 0. The molecular formula is C12H9BrN. The van der Waals surface area contributed by atoms with Gasteiger partial charge in [0, 0.05) is 15.7 Å². The standard InChI is InChI=1S/C12H9BrN/c13-11-7-3-1-5-9(11)10-6-2-4-8-12(10)14/h1-6,8H,14H2. The molecule has 0 heterocycles. The van der Waals surface area contributed by atoms with Crippen LogP contribution >= 0.6 is 15.9 Å². The second-order valence-corrected chi connectivity index (χ2v) is 3.78. The Morgan fingerprint density at radius 1 is 1.00 bits per heavy atom. The quantitative estimate of drug-likeness (QED) is 0.767. The molecule has 0 spiro atoms. The van der Waals surface area contributed by atoms with Crippen molar-refractivity contribution in [3.05, 3.63) is 53.0 Å². The molecule has 2 aromatic carbocycles. The molecule has 2 heteroatoms.